The summed E-state index contributed by atoms with van der Waals surface area (Å²) in [4.78, 5) is 16.3. The van der Waals surface area contributed by atoms with E-state index in [9.17, 15) is 4.79 Å². The minimum atomic E-state index is -0.205. The molecule has 1 N–H and O–H groups in total. The van der Waals surface area contributed by atoms with Crippen LogP contribution in [0.5, 0.6) is 0 Å². The average Bonchev–Trinajstić information content (AvgIpc) is 2.83. The van der Waals surface area contributed by atoms with E-state index in [1.54, 1.807) is 10.9 Å². The molecule has 0 aliphatic rings. The fourth-order valence-corrected chi connectivity index (χ4v) is 2.41. The Morgan fingerprint density at radius 2 is 2.09 bits per heavy atom. The van der Waals surface area contributed by atoms with Crippen LogP contribution >= 0.6 is 0 Å². The summed E-state index contributed by atoms with van der Waals surface area (Å²) in [6, 6.07) is 11.6. The molecule has 3 rings (SSSR count). The van der Waals surface area contributed by atoms with Gasteiger partial charge >= 0.3 is 0 Å². The number of fused-ring (bicyclic) bond motifs is 1. The Labute approximate surface area is 134 Å². The molecular weight excluding hydrogens is 292 g/mol. The van der Waals surface area contributed by atoms with Crippen molar-refractivity contribution in [2.24, 2.45) is 7.05 Å². The second-order valence-corrected chi connectivity index (χ2v) is 5.33. The lowest BCUT2D eigenvalue weighted by Gasteiger charge is -2.06. The Morgan fingerprint density at radius 3 is 2.87 bits per heavy atom. The minimum absolute atomic E-state index is 0.00104. The van der Waals surface area contributed by atoms with Crippen molar-refractivity contribution in [1.82, 2.24) is 14.8 Å². The molecule has 0 spiro atoms. The van der Waals surface area contributed by atoms with Gasteiger partial charge in [0.2, 0.25) is 5.91 Å². The largest absolute Gasteiger partial charge is 0.367 e. The van der Waals surface area contributed by atoms with Crippen LogP contribution < -0.4 is 5.32 Å². The molecule has 23 heavy (non-hydrogen) atoms. The third-order valence-electron chi connectivity index (χ3n) is 3.49. The van der Waals surface area contributed by atoms with Crippen LogP contribution in [0, 0.1) is 6.92 Å². The molecule has 0 aliphatic carbocycles. The summed E-state index contributed by atoms with van der Waals surface area (Å²) < 4.78 is 7.14. The summed E-state index contributed by atoms with van der Waals surface area (Å²) in [5, 5.41) is 8.03. The van der Waals surface area contributed by atoms with Gasteiger partial charge in [-0.2, -0.15) is 5.10 Å². The zero-order valence-electron chi connectivity index (χ0n) is 13.1. The van der Waals surface area contributed by atoms with Gasteiger partial charge in [-0.25, -0.2) is 4.98 Å². The molecule has 0 aliphatic heterocycles. The SMILES string of the molecule is Cc1nn(C)c2ncc(NC(=O)COCc3ccccc3)cc12. The number of carbonyl (C=O) groups is 1. The summed E-state index contributed by atoms with van der Waals surface area (Å²) in [7, 11) is 1.85. The highest BCUT2D eigenvalue weighted by atomic mass is 16.5. The lowest BCUT2D eigenvalue weighted by atomic mass is 10.2. The van der Waals surface area contributed by atoms with Crippen LogP contribution in [0.1, 0.15) is 11.3 Å². The Hall–Kier alpha value is -2.73. The molecule has 2 heterocycles. The minimum Gasteiger partial charge on any atom is -0.367 e. The lowest BCUT2D eigenvalue weighted by Crippen LogP contribution is -2.18. The van der Waals surface area contributed by atoms with Crippen molar-refractivity contribution < 1.29 is 9.53 Å². The van der Waals surface area contributed by atoms with Gasteiger partial charge in [-0.05, 0) is 18.6 Å². The Kier molecular flexibility index (Phi) is 4.34. The van der Waals surface area contributed by atoms with Gasteiger partial charge < -0.3 is 10.1 Å². The van der Waals surface area contributed by atoms with Gasteiger partial charge in [-0.15, -0.1) is 0 Å². The van der Waals surface area contributed by atoms with Crippen LogP contribution in [0.15, 0.2) is 42.6 Å². The van der Waals surface area contributed by atoms with Crippen molar-refractivity contribution in [2.75, 3.05) is 11.9 Å². The number of aryl methyl sites for hydroxylation is 2. The number of pyridine rings is 1. The van der Waals surface area contributed by atoms with Gasteiger partial charge in [0, 0.05) is 12.4 Å². The molecule has 6 heteroatoms. The molecule has 0 atom stereocenters. The zero-order valence-corrected chi connectivity index (χ0v) is 13.1. The van der Waals surface area contributed by atoms with E-state index in [0.717, 1.165) is 22.3 Å². The van der Waals surface area contributed by atoms with Crippen LogP contribution in [0.4, 0.5) is 5.69 Å². The Morgan fingerprint density at radius 1 is 1.30 bits per heavy atom. The standard InChI is InChI=1S/C17H18N4O2/c1-12-15-8-14(9-18-17(15)21(2)20-12)19-16(22)11-23-10-13-6-4-3-5-7-13/h3-9H,10-11H2,1-2H3,(H,19,22). The maximum Gasteiger partial charge on any atom is 0.250 e. The Bertz CT molecular complexity index is 827. The first-order valence-corrected chi connectivity index (χ1v) is 7.34. The van der Waals surface area contributed by atoms with E-state index >= 15 is 0 Å². The summed E-state index contributed by atoms with van der Waals surface area (Å²) in [5.74, 6) is -0.205. The van der Waals surface area contributed by atoms with Crippen molar-refractivity contribution in [3.8, 4) is 0 Å². The predicted molar refractivity (Wildman–Crippen MR) is 88.0 cm³/mol. The number of rotatable bonds is 5. The summed E-state index contributed by atoms with van der Waals surface area (Å²) in [5.41, 5.74) is 3.35. The van der Waals surface area contributed by atoms with E-state index in [0.29, 0.717) is 12.3 Å². The number of nitrogens with zero attached hydrogens (tertiary/aromatic N) is 3. The van der Waals surface area contributed by atoms with Crippen LogP contribution in [0.2, 0.25) is 0 Å². The van der Waals surface area contributed by atoms with Crippen molar-refractivity contribution in [1.29, 1.82) is 0 Å². The third-order valence-corrected chi connectivity index (χ3v) is 3.49. The van der Waals surface area contributed by atoms with Crippen molar-refractivity contribution in [3.63, 3.8) is 0 Å². The Balaban J connectivity index is 1.58. The van der Waals surface area contributed by atoms with Crippen LogP contribution in [-0.2, 0) is 23.2 Å². The molecule has 1 amide bonds. The number of hydrogen-bond acceptors (Lipinski definition) is 4. The lowest BCUT2D eigenvalue weighted by molar-refractivity contribution is -0.121. The van der Waals surface area contributed by atoms with E-state index in [4.69, 9.17) is 4.74 Å². The number of benzene rings is 1. The van der Waals surface area contributed by atoms with Crippen molar-refractivity contribution in [3.05, 3.63) is 53.9 Å². The quantitative estimate of drug-likeness (QED) is 0.786. The van der Waals surface area contributed by atoms with Gasteiger partial charge in [0.25, 0.3) is 0 Å². The number of carbonyl (C=O) groups excluding carboxylic acids is 1. The van der Waals surface area contributed by atoms with Gasteiger partial charge in [-0.3, -0.25) is 9.48 Å². The molecule has 0 saturated carbocycles. The first-order valence-electron chi connectivity index (χ1n) is 7.34. The number of nitrogens with one attached hydrogen (secondary N) is 1. The number of aromatic nitrogens is 3. The highest BCUT2D eigenvalue weighted by Gasteiger charge is 2.09. The van der Waals surface area contributed by atoms with Crippen molar-refractivity contribution >= 4 is 22.6 Å². The molecule has 2 aromatic heterocycles. The maximum atomic E-state index is 11.9. The highest BCUT2D eigenvalue weighted by Crippen LogP contribution is 2.19. The smallest absolute Gasteiger partial charge is 0.250 e. The molecule has 6 nitrogen and oxygen atoms in total. The summed E-state index contributed by atoms with van der Waals surface area (Å²) in [6.45, 7) is 2.32. The first-order chi connectivity index (χ1) is 11.1. The first kappa shape index (κ1) is 15.2. The van der Waals surface area contributed by atoms with E-state index in [2.05, 4.69) is 15.4 Å². The molecule has 0 unspecified atom stereocenters. The van der Waals surface area contributed by atoms with E-state index in [-0.39, 0.29) is 12.5 Å². The molecule has 1 aromatic carbocycles. The number of ether oxygens (including phenoxy) is 1. The number of amides is 1. The van der Waals surface area contributed by atoms with Gasteiger partial charge in [0.05, 0.1) is 24.2 Å². The molecular formula is C17H18N4O2. The fourth-order valence-electron chi connectivity index (χ4n) is 2.41. The molecule has 0 radical (unpaired) electrons. The second-order valence-electron chi connectivity index (χ2n) is 5.33. The molecule has 0 fully saturated rings. The second kappa shape index (κ2) is 6.58. The summed E-state index contributed by atoms with van der Waals surface area (Å²) in [6.07, 6.45) is 1.62. The van der Waals surface area contributed by atoms with E-state index in [1.165, 1.54) is 0 Å². The van der Waals surface area contributed by atoms with Gasteiger partial charge in [0.1, 0.15) is 6.61 Å². The number of hydrogen-bond donors (Lipinski definition) is 1. The maximum absolute atomic E-state index is 11.9. The predicted octanol–water partition coefficient (Wildman–Crippen LogP) is 2.43. The topological polar surface area (TPSA) is 69.0 Å². The summed E-state index contributed by atoms with van der Waals surface area (Å²) >= 11 is 0. The van der Waals surface area contributed by atoms with E-state index < -0.39 is 0 Å². The normalized spacial score (nSPS) is 10.9. The van der Waals surface area contributed by atoms with Crippen molar-refractivity contribution in [2.45, 2.75) is 13.5 Å². The van der Waals surface area contributed by atoms with Gasteiger partial charge in [-0.1, -0.05) is 30.3 Å². The highest BCUT2D eigenvalue weighted by molar-refractivity contribution is 5.93. The van der Waals surface area contributed by atoms with Crippen LogP contribution in [0.25, 0.3) is 11.0 Å². The van der Waals surface area contributed by atoms with E-state index in [1.807, 2.05) is 50.4 Å². The van der Waals surface area contributed by atoms with Gasteiger partial charge in [0.15, 0.2) is 5.65 Å². The molecule has 3 aromatic rings. The molecule has 0 bridgehead atoms. The van der Waals surface area contributed by atoms with Crippen LogP contribution in [-0.4, -0.2) is 27.3 Å². The number of anilines is 1. The molecule has 118 valence electrons. The monoisotopic (exact) mass is 310 g/mol. The third kappa shape index (κ3) is 3.54. The molecule has 0 saturated heterocycles. The fraction of sp³-hybridized carbons (Fsp3) is 0.235. The zero-order chi connectivity index (χ0) is 16.2. The average molecular weight is 310 g/mol. The van der Waals surface area contributed by atoms with Crippen LogP contribution in [0.3, 0.4) is 0 Å².